The first-order valence-corrected chi connectivity index (χ1v) is 8.46. The Morgan fingerprint density at radius 2 is 1.96 bits per heavy atom. The van der Waals surface area contributed by atoms with Crippen LogP contribution in [0, 0.1) is 19.8 Å². The van der Waals surface area contributed by atoms with Crippen molar-refractivity contribution in [3.63, 3.8) is 0 Å². The molecule has 2 aromatic rings. The van der Waals surface area contributed by atoms with Crippen LogP contribution in [0.25, 0.3) is 11.0 Å². The number of aryl methyl sites for hydroxylation is 2. The second-order valence-electron chi connectivity index (χ2n) is 6.95. The summed E-state index contributed by atoms with van der Waals surface area (Å²) in [5.41, 5.74) is 10.3. The monoisotopic (exact) mass is 314 g/mol. The number of furan rings is 1. The summed E-state index contributed by atoms with van der Waals surface area (Å²) in [5, 5.41) is 1.06. The maximum Gasteiger partial charge on any atom is 0.227 e. The summed E-state index contributed by atoms with van der Waals surface area (Å²) >= 11 is 0. The number of piperidine rings is 1. The van der Waals surface area contributed by atoms with Crippen molar-refractivity contribution < 1.29 is 9.21 Å². The molecular formula is C19H26N2O2. The molecule has 0 spiro atoms. The molecule has 4 nitrogen and oxygen atoms in total. The van der Waals surface area contributed by atoms with Crippen LogP contribution in [-0.4, -0.2) is 29.9 Å². The van der Waals surface area contributed by atoms with Crippen LogP contribution in [0.3, 0.4) is 0 Å². The van der Waals surface area contributed by atoms with Crippen LogP contribution in [0.15, 0.2) is 22.8 Å². The molecule has 1 atom stereocenters. The second-order valence-corrected chi connectivity index (χ2v) is 6.95. The van der Waals surface area contributed by atoms with E-state index in [1.165, 1.54) is 11.1 Å². The van der Waals surface area contributed by atoms with Gasteiger partial charge in [0.15, 0.2) is 0 Å². The quantitative estimate of drug-likeness (QED) is 0.946. The van der Waals surface area contributed by atoms with E-state index in [1.54, 1.807) is 6.26 Å². The molecule has 2 N–H and O–H groups in total. The standard InChI is InChI=1S/C19H26N2O2/c1-12-8-17-16(11-23-18(17)9-13(12)2)10-19(22)21-6-4-15(5-7-21)14(3)20/h8-9,11,14-15H,4-7,10,20H2,1-3H3. The molecule has 0 bridgehead atoms. The summed E-state index contributed by atoms with van der Waals surface area (Å²) in [7, 11) is 0. The molecule has 1 aromatic heterocycles. The molecule has 0 saturated carbocycles. The van der Waals surface area contributed by atoms with Crippen molar-refractivity contribution in [1.29, 1.82) is 0 Å². The van der Waals surface area contributed by atoms with Crippen LogP contribution >= 0.6 is 0 Å². The molecule has 1 aromatic carbocycles. The number of amides is 1. The Bertz CT molecular complexity index is 709. The SMILES string of the molecule is Cc1cc2occ(CC(=O)N3CCC(C(C)N)CC3)c2cc1C. The smallest absolute Gasteiger partial charge is 0.227 e. The third-order valence-corrected chi connectivity index (χ3v) is 5.25. The molecule has 1 aliphatic heterocycles. The normalized spacial score (nSPS) is 17.7. The highest BCUT2D eigenvalue weighted by atomic mass is 16.3. The van der Waals surface area contributed by atoms with E-state index in [-0.39, 0.29) is 11.9 Å². The summed E-state index contributed by atoms with van der Waals surface area (Å²) < 4.78 is 5.63. The number of benzene rings is 1. The second kappa shape index (κ2) is 6.36. The number of hydrogen-bond acceptors (Lipinski definition) is 3. The Labute approximate surface area is 137 Å². The van der Waals surface area contributed by atoms with Crippen LogP contribution in [-0.2, 0) is 11.2 Å². The highest BCUT2D eigenvalue weighted by molar-refractivity contribution is 5.88. The largest absolute Gasteiger partial charge is 0.464 e. The van der Waals surface area contributed by atoms with Gasteiger partial charge in [-0.3, -0.25) is 4.79 Å². The van der Waals surface area contributed by atoms with Crippen LogP contribution in [0.2, 0.25) is 0 Å². The van der Waals surface area contributed by atoms with E-state index in [0.717, 1.165) is 42.5 Å². The first-order chi connectivity index (χ1) is 11.0. The molecule has 1 amide bonds. The predicted octanol–water partition coefficient (Wildman–Crippen LogP) is 3.18. The Morgan fingerprint density at radius 1 is 1.30 bits per heavy atom. The van der Waals surface area contributed by atoms with Crippen LogP contribution in [0.4, 0.5) is 0 Å². The van der Waals surface area contributed by atoms with Crippen molar-refractivity contribution in [3.05, 3.63) is 35.1 Å². The maximum absolute atomic E-state index is 12.6. The third kappa shape index (κ3) is 3.27. The molecule has 3 rings (SSSR count). The van der Waals surface area contributed by atoms with Crippen molar-refractivity contribution in [2.24, 2.45) is 11.7 Å². The maximum atomic E-state index is 12.6. The number of hydrogen-bond donors (Lipinski definition) is 1. The van der Waals surface area contributed by atoms with Crippen molar-refractivity contribution in [2.75, 3.05) is 13.1 Å². The Kier molecular flexibility index (Phi) is 4.44. The van der Waals surface area contributed by atoms with Gasteiger partial charge in [0.1, 0.15) is 5.58 Å². The van der Waals surface area contributed by atoms with Gasteiger partial charge in [-0.15, -0.1) is 0 Å². The van der Waals surface area contributed by atoms with E-state index in [9.17, 15) is 4.79 Å². The van der Waals surface area contributed by atoms with E-state index in [2.05, 4.69) is 26.8 Å². The zero-order valence-electron chi connectivity index (χ0n) is 14.3. The third-order valence-electron chi connectivity index (χ3n) is 5.25. The van der Waals surface area contributed by atoms with Gasteiger partial charge in [0.25, 0.3) is 0 Å². The van der Waals surface area contributed by atoms with Crippen LogP contribution in [0.5, 0.6) is 0 Å². The minimum absolute atomic E-state index is 0.189. The van der Waals surface area contributed by atoms with Gasteiger partial charge < -0.3 is 15.1 Å². The van der Waals surface area contributed by atoms with Gasteiger partial charge in [-0.25, -0.2) is 0 Å². The zero-order valence-corrected chi connectivity index (χ0v) is 14.3. The Balaban J connectivity index is 1.70. The molecule has 1 saturated heterocycles. The lowest BCUT2D eigenvalue weighted by molar-refractivity contribution is -0.131. The van der Waals surface area contributed by atoms with Crippen molar-refractivity contribution in [1.82, 2.24) is 4.90 Å². The number of carbonyl (C=O) groups excluding carboxylic acids is 1. The molecule has 23 heavy (non-hydrogen) atoms. The van der Waals surface area contributed by atoms with Gasteiger partial charge in [-0.2, -0.15) is 0 Å². The molecule has 1 unspecified atom stereocenters. The summed E-state index contributed by atoms with van der Waals surface area (Å²) in [5.74, 6) is 0.730. The molecular weight excluding hydrogens is 288 g/mol. The minimum atomic E-state index is 0.189. The molecule has 1 fully saturated rings. The molecule has 0 radical (unpaired) electrons. The van der Waals surface area contributed by atoms with Gasteiger partial charge in [0.2, 0.25) is 5.91 Å². The first kappa shape index (κ1) is 16.1. The average Bonchev–Trinajstić information content (AvgIpc) is 2.90. The molecule has 124 valence electrons. The van der Waals surface area contributed by atoms with E-state index in [0.29, 0.717) is 12.3 Å². The van der Waals surface area contributed by atoms with Crippen molar-refractivity contribution in [2.45, 2.75) is 46.1 Å². The first-order valence-electron chi connectivity index (χ1n) is 8.46. The van der Waals surface area contributed by atoms with Crippen molar-refractivity contribution in [3.8, 4) is 0 Å². The van der Waals surface area contributed by atoms with Crippen LogP contribution < -0.4 is 5.73 Å². The van der Waals surface area contributed by atoms with E-state index < -0.39 is 0 Å². The fourth-order valence-electron chi connectivity index (χ4n) is 3.42. The fourth-order valence-corrected chi connectivity index (χ4v) is 3.42. The van der Waals surface area contributed by atoms with Gasteiger partial charge in [0, 0.05) is 30.1 Å². The average molecular weight is 314 g/mol. The lowest BCUT2D eigenvalue weighted by atomic mass is 9.90. The van der Waals surface area contributed by atoms with E-state index in [1.807, 2.05) is 11.0 Å². The number of nitrogens with two attached hydrogens (primary N) is 1. The number of carbonyl (C=O) groups is 1. The summed E-state index contributed by atoms with van der Waals surface area (Å²) in [6.45, 7) is 7.86. The number of rotatable bonds is 3. The molecule has 2 heterocycles. The minimum Gasteiger partial charge on any atom is -0.464 e. The predicted molar refractivity (Wildman–Crippen MR) is 92.3 cm³/mol. The highest BCUT2D eigenvalue weighted by Gasteiger charge is 2.25. The highest BCUT2D eigenvalue weighted by Crippen LogP contribution is 2.26. The summed E-state index contributed by atoms with van der Waals surface area (Å²) in [4.78, 5) is 14.6. The lowest BCUT2D eigenvalue weighted by Crippen LogP contribution is -2.43. The summed E-state index contributed by atoms with van der Waals surface area (Å²) in [6.07, 6.45) is 4.16. The number of likely N-dealkylation sites (tertiary alicyclic amines) is 1. The molecule has 1 aliphatic rings. The Hall–Kier alpha value is -1.81. The zero-order chi connectivity index (χ0) is 16.6. The fraction of sp³-hybridized carbons (Fsp3) is 0.526. The van der Waals surface area contributed by atoms with Gasteiger partial charge in [-0.05, 0) is 62.8 Å². The topological polar surface area (TPSA) is 59.5 Å². The van der Waals surface area contributed by atoms with Gasteiger partial charge in [0.05, 0.1) is 12.7 Å². The van der Waals surface area contributed by atoms with Gasteiger partial charge >= 0.3 is 0 Å². The van der Waals surface area contributed by atoms with E-state index >= 15 is 0 Å². The Morgan fingerprint density at radius 3 is 2.61 bits per heavy atom. The van der Waals surface area contributed by atoms with Gasteiger partial charge in [-0.1, -0.05) is 0 Å². The van der Waals surface area contributed by atoms with Crippen molar-refractivity contribution >= 4 is 16.9 Å². The number of nitrogens with zero attached hydrogens (tertiary/aromatic N) is 1. The van der Waals surface area contributed by atoms with E-state index in [4.69, 9.17) is 10.2 Å². The molecule has 0 aliphatic carbocycles. The molecule has 4 heteroatoms. The van der Waals surface area contributed by atoms with Crippen LogP contribution in [0.1, 0.15) is 36.5 Å². The number of fused-ring (bicyclic) bond motifs is 1. The summed E-state index contributed by atoms with van der Waals surface area (Å²) in [6, 6.07) is 4.39. The lowest BCUT2D eigenvalue weighted by Gasteiger charge is -2.33.